The number of carbonyl (C=O) groups is 1. The molecule has 2 aliphatic heterocycles. The number of hydrogen-bond acceptors (Lipinski definition) is 4. The van der Waals surface area contributed by atoms with Gasteiger partial charge in [-0.2, -0.15) is 0 Å². The van der Waals surface area contributed by atoms with E-state index < -0.39 is 6.09 Å². The topological polar surface area (TPSA) is 63.2 Å². The summed E-state index contributed by atoms with van der Waals surface area (Å²) in [5, 5.41) is 0. The highest BCUT2D eigenvalue weighted by Crippen LogP contribution is 2.30. The number of benzene rings is 1. The quantitative estimate of drug-likeness (QED) is 0.865. The maximum Gasteiger partial charge on any atom is 0.414 e. The highest BCUT2D eigenvalue weighted by molar-refractivity contribution is 5.90. The molecule has 1 aromatic rings. The van der Waals surface area contributed by atoms with Crippen LogP contribution in [0.4, 0.5) is 20.6 Å². The first kappa shape index (κ1) is 16.3. The number of halogens is 1. The van der Waals surface area contributed by atoms with Gasteiger partial charge in [0.2, 0.25) is 0 Å². The second-order valence-electron chi connectivity index (χ2n) is 5.89. The first-order valence-corrected chi connectivity index (χ1v) is 7.89. The molecule has 126 valence electrons. The zero-order chi connectivity index (χ0) is 17.1. The van der Waals surface area contributed by atoms with Crippen molar-refractivity contribution >= 4 is 17.5 Å². The van der Waals surface area contributed by atoms with E-state index in [-0.39, 0.29) is 18.5 Å². The van der Waals surface area contributed by atoms with Gasteiger partial charge in [-0.15, -0.1) is 0 Å². The Morgan fingerprint density at radius 2 is 2.17 bits per heavy atom. The standard InChI is InChI=1S/C17H19FN4O2/c1-20-10-12-4-6-21(7-5-12)16-3-2-13(8-15(16)18)22-11-14(9-19)24-17(22)23/h2-3,8,10,14H,4-7,9,11,19H2/t14-/m0/s1. The minimum Gasteiger partial charge on any atom is -0.443 e. The monoisotopic (exact) mass is 330 g/mol. The van der Waals surface area contributed by atoms with Gasteiger partial charge in [-0.1, -0.05) is 5.57 Å². The highest BCUT2D eigenvalue weighted by atomic mass is 19.1. The summed E-state index contributed by atoms with van der Waals surface area (Å²) in [5.41, 5.74) is 7.61. The van der Waals surface area contributed by atoms with Crippen LogP contribution >= 0.6 is 0 Å². The summed E-state index contributed by atoms with van der Waals surface area (Å²) in [4.78, 5) is 18.5. The van der Waals surface area contributed by atoms with Gasteiger partial charge in [-0.3, -0.25) is 4.90 Å². The Hall–Kier alpha value is -2.59. The zero-order valence-electron chi connectivity index (χ0n) is 13.2. The Morgan fingerprint density at radius 1 is 1.42 bits per heavy atom. The van der Waals surface area contributed by atoms with Crippen molar-refractivity contribution in [3.05, 3.63) is 47.2 Å². The molecule has 2 N–H and O–H groups in total. The normalized spacial score (nSPS) is 20.8. The van der Waals surface area contributed by atoms with Crippen molar-refractivity contribution < 1.29 is 13.9 Å². The first-order valence-electron chi connectivity index (χ1n) is 7.89. The van der Waals surface area contributed by atoms with Crippen LogP contribution in [0.3, 0.4) is 0 Å². The van der Waals surface area contributed by atoms with E-state index in [1.165, 1.54) is 11.0 Å². The molecule has 2 aliphatic rings. The molecule has 0 bridgehead atoms. The van der Waals surface area contributed by atoms with Crippen LogP contribution in [0.1, 0.15) is 12.8 Å². The van der Waals surface area contributed by atoms with Gasteiger partial charge in [0, 0.05) is 19.6 Å². The molecule has 2 heterocycles. The van der Waals surface area contributed by atoms with Crippen LogP contribution in [0.15, 0.2) is 30.0 Å². The number of nitrogens with two attached hydrogens (primary N) is 1. The molecule has 0 spiro atoms. The van der Waals surface area contributed by atoms with E-state index in [1.54, 1.807) is 18.3 Å². The fourth-order valence-corrected chi connectivity index (χ4v) is 3.03. The molecule has 0 saturated carbocycles. The van der Waals surface area contributed by atoms with E-state index in [0.717, 1.165) is 18.4 Å². The summed E-state index contributed by atoms with van der Waals surface area (Å²) < 4.78 is 19.6. The average molecular weight is 330 g/mol. The van der Waals surface area contributed by atoms with Gasteiger partial charge < -0.3 is 15.4 Å². The third kappa shape index (κ3) is 3.19. The molecule has 3 rings (SSSR count). The van der Waals surface area contributed by atoms with E-state index in [9.17, 15) is 9.18 Å². The number of rotatable bonds is 3. The van der Waals surface area contributed by atoms with Crippen LogP contribution in [-0.2, 0) is 4.74 Å². The van der Waals surface area contributed by atoms with E-state index in [0.29, 0.717) is 31.0 Å². The molecule has 2 saturated heterocycles. The lowest BCUT2D eigenvalue weighted by atomic mass is 10.0. The number of nitrogens with zero attached hydrogens (tertiary/aromatic N) is 3. The Labute approximate surface area is 140 Å². The molecule has 0 aromatic heterocycles. The third-order valence-corrected chi connectivity index (χ3v) is 4.37. The van der Waals surface area contributed by atoms with E-state index in [2.05, 4.69) is 4.85 Å². The molecule has 1 amide bonds. The zero-order valence-corrected chi connectivity index (χ0v) is 13.2. The van der Waals surface area contributed by atoms with Crippen molar-refractivity contribution in [3.8, 4) is 0 Å². The molecule has 0 unspecified atom stereocenters. The van der Waals surface area contributed by atoms with Gasteiger partial charge in [-0.05, 0) is 31.0 Å². The van der Waals surface area contributed by atoms with Gasteiger partial charge in [0.15, 0.2) is 6.20 Å². The fourth-order valence-electron chi connectivity index (χ4n) is 3.03. The van der Waals surface area contributed by atoms with Crippen LogP contribution in [-0.4, -0.2) is 38.4 Å². The molecule has 7 heteroatoms. The van der Waals surface area contributed by atoms with Gasteiger partial charge in [-0.25, -0.2) is 14.0 Å². The number of piperidine rings is 1. The fraction of sp³-hybridized carbons (Fsp3) is 0.412. The third-order valence-electron chi connectivity index (χ3n) is 4.37. The lowest BCUT2D eigenvalue weighted by Crippen LogP contribution is -2.31. The molecule has 1 atom stereocenters. The van der Waals surface area contributed by atoms with Crippen molar-refractivity contribution in [3.63, 3.8) is 0 Å². The first-order chi connectivity index (χ1) is 11.6. The van der Waals surface area contributed by atoms with Crippen LogP contribution in [0, 0.1) is 12.4 Å². The second-order valence-corrected chi connectivity index (χ2v) is 5.89. The Morgan fingerprint density at radius 3 is 2.75 bits per heavy atom. The summed E-state index contributed by atoms with van der Waals surface area (Å²) in [5.74, 6) is -0.367. The van der Waals surface area contributed by atoms with Crippen molar-refractivity contribution in [1.82, 2.24) is 0 Å². The predicted octanol–water partition coefficient (Wildman–Crippen LogP) is 2.51. The Kier molecular flexibility index (Phi) is 4.67. The number of anilines is 2. The van der Waals surface area contributed by atoms with Crippen molar-refractivity contribution in [2.75, 3.05) is 36.0 Å². The molecule has 0 radical (unpaired) electrons. The van der Waals surface area contributed by atoms with Crippen LogP contribution in [0.25, 0.3) is 4.85 Å². The summed E-state index contributed by atoms with van der Waals surface area (Å²) in [6, 6.07) is 4.78. The summed E-state index contributed by atoms with van der Waals surface area (Å²) in [6.07, 6.45) is 2.24. The molecule has 1 aromatic carbocycles. The predicted molar refractivity (Wildman–Crippen MR) is 89.2 cm³/mol. The number of carbonyl (C=O) groups excluding carboxylic acids is 1. The number of hydrogen-bond donors (Lipinski definition) is 1. The average Bonchev–Trinajstić information content (AvgIpc) is 2.97. The van der Waals surface area contributed by atoms with E-state index in [4.69, 9.17) is 17.0 Å². The van der Waals surface area contributed by atoms with Crippen LogP contribution in [0.5, 0.6) is 0 Å². The van der Waals surface area contributed by atoms with Gasteiger partial charge in [0.25, 0.3) is 0 Å². The minimum atomic E-state index is -0.496. The van der Waals surface area contributed by atoms with Crippen molar-refractivity contribution in [2.24, 2.45) is 5.73 Å². The van der Waals surface area contributed by atoms with Crippen LogP contribution in [0.2, 0.25) is 0 Å². The lowest BCUT2D eigenvalue weighted by molar-refractivity contribution is 0.145. The molecule has 2 fully saturated rings. The summed E-state index contributed by atoms with van der Waals surface area (Å²) >= 11 is 0. The van der Waals surface area contributed by atoms with Crippen molar-refractivity contribution in [2.45, 2.75) is 18.9 Å². The van der Waals surface area contributed by atoms with E-state index in [1.807, 2.05) is 4.90 Å². The van der Waals surface area contributed by atoms with Gasteiger partial charge in [0.05, 0.1) is 24.5 Å². The SMILES string of the molecule is [C-]#[N+]C=C1CCN(c2ccc(N3C[C@H](CN)OC3=O)cc2F)CC1. The maximum atomic E-state index is 14.5. The molecule has 0 aliphatic carbocycles. The van der Waals surface area contributed by atoms with Gasteiger partial charge >= 0.3 is 6.09 Å². The number of cyclic esters (lactones) is 1. The maximum absolute atomic E-state index is 14.5. The summed E-state index contributed by atoms with van der Waals surface area (Å²) in [6.45, 7) is 8.80. The van der Waals surface area contributed by atoms with E-state index >= 15 is 0 Å². The molecule has 24 heavy (non-hydrogen) atoms. The summed E-state index contributed by atoms with van der Waals surface area (Å²) in [7, 11) is 0. The largest absolute Gasteiger partial charge is 0.443 e. The minimum absolute atomic E-state index is 0.247. The smallest absolute Gasteiger partial charge is 0.414 e. The number of amides is 1. The second kappa shape index (κ2) is 6.89. The molecule has 6 nitrogen and oxygen atoms in total. The lowest BCUT2D eigenvalue weighted by Gasteiger charge is -2.31. The highest BCUT2D eigenvalue weighted by Gasteiger charge is 2.32. The Bertz CT molecular complexity index is 703. The van der Waals surface area contributed by atoms with Crippen molar-refractivity contribution in [1.29, 1.82) is 0 Å². The number of ether oxygens (including phenoxy) is 1. The van der Waals surface area contributed by atoms with Crippen LogP contribution < -0.4 is 15.5 Å². The molecular formula is C17H19FN4O2. The molecular weight excluding hydrogens is 311 g/mol. The Balaban J connectivity index is 1.73. The van der Waals surface area contributed by atoms with Gasteiger partial charge in [0.1, 0.15) is 11.9 Å².